The molecule has 2 aliphatic rings. The number of thioether (sulfide) groups is 1. The zero-order chi connectivity index (χ0) is 40.1. The Kier molecular flexibility index (Phi) is 10.9. The summed E-state index contributed by atoms with van der Waals surface area (Å²) in [6.45, 7) is 0. The average Bonchev–Trinajstić information content (AvgIpc) is 3.72. The molecule has 2 atom stereocenters. The first kappa shape index (κ1) is 38.0. The Labute approximate surface area is 341 Å². The molecule has 0 aliphatic carbocycles. The van der Waals surface area contributed by atoms with Gasteiger partial charge in [-0.1, -0.05) is 157 Å². The fourth-order valence-corrected chi connectivity index (χ4v) is 8.71. The van der Waals surface area contributed by atoms with Crippen molar-refractivity contribution in [3.05, 3.63) is 197 Å². The van der Waals surface area contributed by atoms with E-state index in [9.17, 15) is 19.2 Å². The molecule has 58 heavy (non-hydrogen) atoms. The van der Waals surface area contributed by atoms with Gasteiger partial charge in [0.15, 0.2) is 11.2 Å². The molecule has 1 saturated heterocycles. The van der Waals surface area contributed by atoms with E-state index in [-0.39, 0.29) is 33.7 Å². The first-order chi connectivity index (χ1) is 28.4. The molecule has 0 saturated carbocycles. The number of nitrogen functional groups attached to an aromatic ring is 1. The highest BCUT2D eigenvalue weighted by Gasteiger charge is 2.55. The fraction of sp³-hybridized carbons (Fsp3) is 0.114. The number of hydrogen-bond acceptors (Lipinski definition) is 12. The van der Waals surface area contributed by atoms with E-state index in [4.69, 9.17) is 15.3 Å². The topological polar surface area (TPSA) is 166 Å². The van der Waals surface area contributed by atoms with Gasteiger partial charge in [-0.05, 0) is 11.1 Å². The first-order valence-electron chi connectivity index (χ1n) is 18.2. The number of aromatic nitrogens is 2. The third-order valence-corrected chi connectivity index (χ3v) is 11.6. The molecular weight excluding hydrogens is 773 g/mol. The van der Waals surface area contributed by atoms with Crippen LogP contribution in [-0.2, 0) is 34.4 Å². The van der Waals surface area contributed by atoms with E-state index < -0.39 is 40.9 Å². The summed E-state index contributed by atoms with van der Waals surface area (Å²) in [4.78, 5) is 66.7. The number of anilines is 1. The smallest absolute Gasteiger partial charge is 0.356 e. The molecule has 2 unspecified atom stereocenters. The van der Waals surface area contributed by atoms with Crippen LogP contribution in [0, 0.1) is 0 Å². The highest BCUT2D eigenvalue weighted by Crippen LogP contribution is 2.43. The summed E-state index contributed by atoms with van der Waals surface area (Å²) in [5.41, 5.74) is 7.82. The number of nitrogens with zero attached hydrogens (tertiary/aromatic N) is 4. The minimum absolute atomic E-state index is 0.0867. The number of hydrogen-bond donors (Lipinski definition) is 2. The summed E-state index contributed by atoms with van der Waals surface area (Å²) in [6, 6.07) is 45.6. The van der Waals surface area contributed by atoms with Crippen molar-refractivity contribution in [2.24, 2.45) is 5.16 Å². The summed E-state index contributed by atoms with van der Waals surface area (Å²) >= 11 is 2.09. The molecule has 288 valence electrons. The average molecular weight is 807 g/mol. The molecule has 2 amide bonds. The van der Waals surface area contributed by atoms with Crippen LogP contribution in [0.3, 0.4) is 0 Å². The second kappa shape index (κ2) is 16.7. The highest BCUT2D eigenvalue weighted by molar-refractivity contribution is 8.00. The van der Waals surface area contributed by atoms with E-state index in [1.54, 1.807) is 0 Å². The quantitative estimate of drug-likeness (QED) is 0.0352. The Morgan fingerprint density at radius 1 is 0.810 bits per heavy atom. The van der Waals surface area contributed by atoms with E-state index >= 15 is 0 Å². The van der Waals surface area contributed by atoms with Gasteiger partial charge in [0.1, 0.15) is 23.4 Å². The van der Waals surface area contributed by atoms with Gasteiger partial charge >= 0.3 is 5.97 Å². The van der Waals surface area contributed by atoms with Gasteiger partial charge in [-0.15, -0.1) is 11.8 Å². The second-order valence-electron chi connectivity index (χ2n) is 13.2. The van der Waals surface area contributed by atoms with Gasteiger partial charge in [0.05, 0.1) is 0 Å². The number of carbonyl (C=O) groups is 4. The number of nitrogens with one attached hydrogen (secondary N) is 1. The zero-order valence-corrected chi connectivity index (χ0v) is 32.2. The molecule has 12 nitrogen and oxygen atoms in total. The summed E-state index contributed by atoms with van der Waals surface area (Å²) in [5, 5.41) is 6.59. The van der Waals surface area contributed by atoms with Crippen LogP contribution in [-0.4, -0.2) is 61.2 Å². The van der Waals surface area contributed by atoms with E-state index in [1.807, 2.05) is 152 Å². The first-order valence-corrected chi connectivity index (χ1v) is 20.0. The van der Waals surface area contributed by atoms with Crippen LogP contribution in [0.2, 0.25) is 0 Å². The van der Waals surface area contributed by atoms with Gasteiger partial charge in [-0.2, -0.15) is 9.36 Å². The molecule has 2 aliphatic heterocycles. The molecule has 6 aromatic rings. The van der Waals surface area contributed by atoms with Crippen LogP contribution in [0.15, 0.2) is 168 Å². The number of ether oxygens (including phenoxy) is 1. The fourth-order valence-electron chi connectivity index (χ4n) is 6.99. The van der Waals surface area contributed by atoms with Crippen LogP contribution in [0.1, 0.15) is 39.7 Å². The lowest BCUT2D eigenvalue weighted by Crippen LogP contribution is -2.71. The molecular formula is C44H34N6O6S2. The maximum Gasteiger partial charge on any atom is 0.356 e. The Morgan fingerprint density at radius 3 is 1.78 bits per heavy atom. The molecule has 14 heteroatoms. The molecule has 3 N–H and O–H groups in total. The zero-order valence-electron chi connectivity index (χ0n) is 30.6. The minimum atomic E-state index is -1.35. The van der Waals surface area contributed by atoms with Crippen LogP contribution in [0.5, 0.6) is 0 Å². The Hall–Kier alpha value is -6.90. The third-order valence-electron chi connectivity index (χ3n) is 9.73. The molecule has 5 aromatic carbocycles. The highest BCUT2D eigenvalue weighted by atomic mass is 32.2. The molecule has 3 heterocycles. The maximum absolute atomic E-state index is 14.3. The van der Waals surface area contributed by atoms with Crippen molar-refractivity contribution in [3.63, 3.8) is 0 Å². The van der Waals surface area contributed by atoms with Crippen LogP contribution >= 0.6 is 23.3 Å². The number of amides is 2. The number of β-lactam (4-membered cyclic amide) rings is 1. The molecule has 0 spiro atoms. The van der Waals surface area contributed by atoms with Gasteiger partial charge in [-0.25, -0.2) is 4.79 Å². The number of benzene rings is 5. The normalized spacial score (nSPS) is 16.6. The van der Waals surface area contributed by atoms with Crippen molar-refractivity contribution in [1.82, 2.24) is 19.6 Å². The lowest BCUT2D eigenvalue weighted by Gasteiger charge is -2.49. The largest absolute Gasteiger partial charge is 0.448 e. The van der Waals surface area contributed by atoms with E-state index in [1.165, 1.54) is 16.7 Å². The number of carbonyl (C=O) groups excluding carboxylic acids is 4. The number of rotatable bonds is 13. The number of fused-ring (bicyclic) bond motifs is 1. The van der Waals surface area contributed by atoms with Gasteiger partial charge in [0, 0.05) is 39.5 Å². The molecule has 0 radical (unpaired) electrons. The number of aldehydes is 1. The van der Waals surface area contributed by atoms with Gasteiger partial charge < -0.3 is 20.6 Å². The minimum Gasteiger partial charge on any atom is -0.448 e. The Balaban J connectivity index is 1.10. The molecule has 1 fully saturated rings. The van der Waals surface area contributed by atoms with Gasteiger partial charge in [-0.3, -0.25) is 19.3 Å². The van der Waals surface area contributed by atoms with Crippen LogP contribution in [0.25, 0.3) is 0 Å². The predicted octanol–water partition coefficient (Wildman–Crippen LogP) is 6.02. The SMILES string of the molecule is Nc1nc(C(=NOC(c2ccccc2)(c2ccccc2)c2ccccc2)C(=O)NC2C(=O)N3C(C(=O)OC(c4ccccc4)c4ccccc4)=C(C=O)CSC23)ns1. The van der Waals surface area contributed by atoms with E-state index in [0.717, 1.165) is 28.2 Å². The maximum atomic E-state index is 14.3. The van der Waals surface area contributed by atoms with Crippen molar-refractivity contribution in [1.29, 1.82) is 0 Å². The number of esters is 1. The monoisotopic (exact) mass is 806 g/mol. The molecule has 0 bridgehead atoms. The second-order valence-corrected chi connectivity index (χ2v) is 15.1. The summed E-state index contributed by atoms with van der Waals surface area (Å²) < 4.78 is 10.3. The Morgan fingerprint density at radius 2 is 1.31 bits per heavy atom. The van der Waals surface area contributed by atoms with Crippen molar-refractivity contribution in [2.75, 3.05) is 11.5 Å². The number of nitrogens with two attached hydrogens (primary N) is 1. The van der Waals surface area contributed by atoms with E-state index in [2.05, 4.69) is 19.8 Å². The van der Waals surface area contributed by atoms with Crippen molar-refractivity contribution >= 4 is 58.2 Å². The number of oxime groups is 1. The third kappa shape index (κ3) is 7.26. The predicted molar refractivity (Wildman–Crippen MR) is 220 cm³/mol. The summed E-state index contributed by atoms with van der Waals surface area (Å²) in [7, 11) is 0. The lowest BCUT2D eigenvalue weighted by molar-refractivity contribution is -0.154. The van der Waals surface area contributed by atoms with Crippen molar-refractivity contribution < 1.29 is 28.8 Å². The van der Waals surface area contributed by atoms with Crippen molar-refractivity contribution in [3.8, 4) is 0 Å². The summed E-state index contributed by atoms with van der Waals surface area (Å²) in [5.74, 6) is -2.30. The van der Waals surface area contributed by atoms with Crippen LogP contribution in [0.4, 0.5) is 5.13 Å². The molecule has 1 aromatic heterocycles. The van der Waals surface area contributed by atoms with Gasteiger partial charge in [0.25, 0.3) is 11.8 Å². The van der Waals surface area contributed by atoms with Crippen molar-refractivity contribution in [2.45, 2.75) is 23.1 Å². The van der Waals surface area contributed by atoms with Crippen LogP contribution < -0.4 is 11.1 Å². The molecule has 8 rings (SSSR count). The standard InChI is InChI=1S/C44H34N6O6S2/c45-43-47-38(49-58-43)34(48-56-44(31-20-10-3-11-21-31,32-22-12-4-13-23-32)33-24-14-5-15-25-33)39(52)46-35-40(53)50-36(30(26-51)27-57-41(35)50)42(54)55-37(28-16-6-1-7-17-28)29-18-8-2-9-19-29/h1-26,35,37,41H,27H2,(H,46,52)(H2,45,47,49). The summed E-state index contributed by atoms with van der Waals surface area (Å²) in [6.07, 6.45) is -0.264. The lowest BCUT2D eigenvalue weighted by atomic mass is 9.80. The van der Waals surface area contributed by atoms with Gasteiger partial charge in [0.2, 0.25) is 17.1 Å². The van der Waals surface area contributed by atoms with E-state index in [0.29, 0.717) is 17.4 Å². The Bertz CT molecular complexity index is 2370.